The van der Waals surface area contributed by atoms with Crippen molar-refractivity contribution < 1.29 is 14.6 Å². The molecule has 0 aromatic rings. The zero-order valence-corrected chi connectivity index (χ0v) is 23.8. The third-order valence-electron chi connectivity index (χ3n) is 13.9. The van der Waals surface area contributed by atoms with E-state index < -0.39 is 0 Å². The Kier molecular flexibility index (Phi) is 5.26. The van der Waals surface area contributed by atoms with Crippen LogP contribution in [0.3, 0.4) is 0 Å². The molecule has 35 heavy (non-hydrogen) atoms. The number of aliphatic hydroxyl groups is 1. The number of hydrogen-bond donors (Lipinski definition) is 1. The molecule has 4 saturated carbocycles. The zero-order valence-electron chi connectivity index (χ0n) is 23.8. The lowest BCUT2D eigenvalue weighted by molar-refractivity contribution is -0.313. The van der Waals surface area contributed by atoms with Gasteiger partial charge in [0.1, 0.15) is 0 Å². The Morgan fingerprint density at radius 3 is 2.11 bits per heavy atom. The Bertz CT molecular complexity index is 912. The summed E-state index contributed by atoms with van der Waals surface area (Å²) in [5.41, 5.74) is 3.04. The van der Waals surface area contributed by atoms with E-state index in [0.717, 1.165) is 25.6 Å². The first kappa shape index (κ1) is 24.9. The summed E-state index contributed by atoms with van der Waals surface area (Å²) in [7, 11) is 0. The molecule has 6 rings (SSSR count). The third kappa shape index (κ3) is 2.96. The van der Waals surface area contributed by atoms with Crippen molar-refractivity contribution in [1.29, 1.82) is 0 Å². The molecule has 0 unspecified atom stereocenters. The van der Waals surface area contributed by atoms with Crippen LogP contribution in [0.15, 0.2) is 11.6 Å². The minimum atomic E-state index is -0.365. The van der Waals surface area contributed by atoms with Crippen LogP contribution in [0.4, 0.5) is 0 Å². The van der Waals surface area contributed by atoms with Crippen molar-refractivity contribution in [3.05, 3.63) is 11.6 Å². The Morgan fingerprint density at radius 2 is 1.43 bits per heavy atom. The predicted octanol–water partition coefficient (Wildman–Crippen LogP) is 7.52. The molecule has 198 valence electrons. The van der Waals surface area contributed by atoms with Gasteiger partial charge in [0.25, 0.3) is 0 Å². The molecule has 5 aliphatic carbocycles. The van der Waals surface area contributed by atoms with Gasteiger partial charge in [0.15, 0.2) is 5.79 Å². The highest BCUT2D eigenvalue weighted by molar-refractivity contribution is 5.32. The van der Waals surface area contributed by atoms with Crippen LogP contribution in [-0.4, -0.2) is 30.7 Å². The predicted molar refractivity (Wildman–Crippen MR) is 141 cm³/mol. The lowest BCUT2D eigenvalue weighted by atomic mass is 9.32. The smallest absolute Gasteiger partial charge is 0.173 e. The quantitative estimate of drug-likeness (QED) is 0.391. The number of ether oxygens (including phenoxy) is 2. The van der Waals surface area contributed by atoms with E-state index >= 15 is 0 Å². The highest BCUT2D eigenvalue weighted by Gasteiger charge is 2.71. The summed E-state index contributed by atoms with van der Waals surface area (Å²) in [6.45, 7) is 19.6. The molecule has 3 nitrogen and oxygen atoms in total. The van der Waals surface area contributed by atoms with Gasteiger partial charge < -0.3 is 14.6 Å². The van der Waals surface area contributed by atoms with Crippen LogP contribution in [0.25, 0.3) is 0 Å². The van der Waals surface area contributed by atoms with Gasteiger partial charge in [0, 0.05) is 17.3 Å². The van der Waals surface area contributed by atoms with Crippen LogP contribution in [0.5, 0.6) is 0 Å². The lowest BCUT2D eigenvalue weighted by Gasteiger charge is -2.73. The summed E-state index contributed by atoms with van der Waals surface area (Å²) < 4.78 is 12.8. The molecule has 0 radical (unpaired) electrons. The van der Waals surface area contributed by atoms with E-state index in [1.54, 1.807) is 5.57 Å². The van der Waals surface area contributed by atoms with Gasteiger partial charge in [0.2, 0.25) is 0 Å². The molecular weight excluding hydrogens is 432 g/mol. The molecule has 1 N–H and O–H groups in total. The van der Waals surface area contributed by atoms with Crippen molar-refractivity contribution in [2.45, 2.75) is 118 Å². The van der Waals surface area contributed by atoms with Crippen molar-refractivity contribution in [2.75, 3.05) is 19.8 Å². The Morgan fingerprint density at radius 1 is 0.743 bits per heavy atom. The lowest BCUT2D eigenvalue weighted by Crippen LogP contribution is -2.68. The normalized spacial score (nSPS) is 51.5. The molecule has 3 heteroatoms. The van der Waals surface area contributed by atoms with Crippen LogP contribution < -0.4 is 0 Å². The maximum Gasteiger partial charge on any atom is 0.173 e. The largest absolute Gasteiger partial charge is 0.395 e. The fourth-order valence-electron chi connectivity index (χ4n) is 11.6. The minimum Gasteiger partial charge on any atom is -0.395 e. The Labute approximate surface area is 214 Å². The van der Waals surface area contributed by atoms with Crippen LogP contribution in [0, 0.1) is 50.2 Å². The Hall–Kier alpha value is -0.380. The molecule has 1 aliphatic heterocycles. The molecule has 0 aromatic carbocycles. The van der Waals surface area contributed by atoms with Crippen molar-refractivity contribution in [3.63, 3.8) is 0 Å². The molecule has 5 fully saturated rings. The number of allylic oxidation sites excluding steroid dienone is 1. The third-order valence-corrected chi connectivity index (χ3v) is 13.9. The first-order valence-electron chi connectivity index (χ1n) is 14.9. The van der Waals surface area contributed by atoms with Gasteiger partial charge in [-0.1, -0.05) is 60.1 Å². The van der Waals surface area contributed by atoms with Gasteiger partial charge >= 0.3 is 0 Å². The van der Waals surface area contributed by atoms with Crippen molar-refractivity contribution in [3.8, 4) is 0 Å². The average Bonchev–Trinajstić information content (AvgIpc) is 3.28. The molecule has 1 saturated heterocycles. The van der Waals surface area contributed by atoms with Gasteiger partial charge in [-0.3, -0.25) is 0 Å². The number of fused-ring (bicyclic) bond motifs is 7. The van der Waals surface area contributed by atoms with E-state index in [2.05, 4.69) is 54.5 Å². The monoisotopic (exact) mass is 484 g/mol. The molecule has 0 amide bonds. The van der Waals surface area contributed by atoms with Gasteiger partial charge in [-0.25, -0.2) is 0 Å². The van der Waals surface area contributed by atoms with Gasteiger partial charge in [-0.05, 0) is 97.2 Å². The topological polar surface area (TPSA) is 38.7 Å². The first-order chi connectivity index (χ1) is 16.3. The van der Waals surface area contributed by atoms with E-state index in [1.165, 1.54) is 57.8 Å². The SMILES string of the molecule is CC1(C)C=C2[C@H]3CC[C@@H]4[C@@]5(C)CCC6(OCCO6)C(C)(C)[C@@H]5CC[C@@]4(C)[C@]3(C)CC[C@@]2(CO)CC1. The van der Waals surface area contributed by atoms with E-state index in [-0.39, 0.29) is 22.0 Å². The maximum absolute atomic E-state index is 10.7. The molecule has 0 aromatic heterocycles. The Balaban J connectivity index is 1.39. The fraction of sp³-hybridized carbons (Fsp3) is 0.938. The van der Waals surface area contributed by atoms with Crippen molar-refractivity contribution in [2.24, 2.45) is 50.2 Å². The molecule has 1 heterocycles. The number of hydrogen-bond acceptors (Lipinski definition) is 3. The van der Waals surface area contributed by atoms with E-state index in [1.807, 2.05) is 0 Å². The second kappa shape index (κ2) is 7.38. The minimum absolute atomic E-state index is 0.0457. The van der Waals surface area contributed by atoms with Crippen molar-refractivity contribution >= 4 is 0 Å². The first-order valence-corrected chi connectivity index (χ1v) is 14.9. The van der Waals surface area contributed by atoms with Crippen LogP contribution in [0.1, 0.15) is 113 Å². The standard InChI is InChI=1S/C32H52O3/c1-26(2)12-15-31(21-33)16-14-29(6)22(23(31)20-26)8-9-25-28(5)13-17-32(34-18-19-35-32)27(3,4)24(28)10-11-30(25,29)7/h20,22,24-25,33H,8-19,21H2,1-7H3/t22-,24+,25-,28+,29-,30-,31-/m1/s1. The van der Waals surface area contributed by atoms with E-state index in [4.69, 9.17) is 9.47 Å². The molecular formula is C32H52O3. The molecule has 0 bridgehead atoms. The van der Waals surface area contributed by atoms with Crippen LogP contribution >= 0.6 is 0 Å². The molecule has 1 spiro atoms. The number of aliphatic hydroxyl groups excluding tert-OH is 1. The highest BCUT2D eigenvalue weighted by Crippen LogP contribution is 2.77. The van der Waals surface area contributed by atoms with Gasteiger partial charge in [-0.15, -0.1) is 0 Å². The fourth-order valence-corrected chi connectivity index (χ4v) is 11.6. The molecule has 7 atom stereocenters. The summed E-state index contributed by atoms with van der Waals surface area (Å²) >= 11 is 0. The summed E-state index contributed by atoms with van der Waals surface area (Å²) in [5, 5.41) is 10.7. The summed E-state index contributed by atoms with van der Waals surface area (Å²) in [6.07, 6.45) is 15.0. The summed E-state index contributed by atoms with van der Waals surface area (Å²) in [4.78, 5) is 0. The molecule has 6 aliphatic rings. The summed E-state index contributed by atoms with van der Waals surface area (Å²) in [5.74, 6) is 1.67. The average molecular weight is 485 g/mol. The highest BCUT2D eigenvalue weighted by atomic mass is 16.7. The van der Waals surface area contributed by atoms with Gasteiger partial charge in [-0.2, -0.15) is 0 Å². The maximum atomic E-state index is 10.7. The van der Waals surface area contributed by atoms with E-state index in [9.17, 15) is 5.11 Å². The van der Waals surface area contributed by atoms with E-state index in [0.29, 0.717) is 34.7 Å². The van der Waals surface area contributed by atoms with Crippen LogP contribution in [0.2, 0.25) is 0 Å². The zero-order chi connectivity index (χ0) is 25.1. The van der Waals surface area contributed by atoms with Crippen molar-refractivity contribution in [1.82, 2.24) is 0 Å². The number of rotatable bonds is 1. The summed E-state index contributed by atoms with van der Waals surface area (Å²) in [6, 6.07) is 0. The second-order valence-corrected chi connectivity index (χ2v) is 15.8. The second-order valence-electron chi connectivity index (χ2n) is 15.8. The van der Waals surface area contributed by atoms with Crippen LogP contribution in [-0.2, 0) is 9.47 Å². The van der Waals surface area contributed by atoms with Gasteiger partial charge in [0.05, 0.1) is 19.8 Å².